The van der Waals surface area contributed by atoms with Crippen molar-refractivity contribution in [3.63, 3.8) is 0 Å². The Balaban J connectivity index is 2.16. The van der Waals surface area contributed by atoms with Crippen LogP contribution in [0.3, 0.4) is 0 Å². The van der Waals surface area contributed by atoms with Gasteiger partial charge in [-0.05, 0) is 59.3 Å². The van der Waals surface area contributed by atoms with Crippen LogP contribution < -0.4 is 10.6 Å². The van der Waals surface area contributed by atoms with E-state index in [1.807, 2.05) is 20.8 Å². The molecule has 0 spiro atoms. The highest BCUT2D eigenvalue weighted by molar-refractivity contribution is 5.67. The number of carbonyl (C=O) groups excluding carboxylic acids is 1. The van der Waals surface area contributed by atoms with Gasteiger partial charge in [-0.2, -0.15) is 0 Å². The van der Waals surface area contributed by atoms with Crippen molar-refractivity contribution >= 4 is 6.09 Å². The standard InChI is InChI=1S/C16H32N2O3/c1-12(13-8-9-13)18-14(11-20-5)7-6-10-17-15(19)21-16(2,3)4/h12-14,18H,6-11H2,1-5H3,(H,17,19). The van der Waals surface area contributed by atoms with Gasteiger partial charge in [-0.25, -0.2) is 4.79 Å². The lowest BCUT2D eigenvalue weighted by molar-refractivity contribution is 0.0526. The molecule has 0 saturated heterocycles. The second-order valence-electron chi connectivity index (χ2n) is 7.02. The van der Waals surface area contributed by atoms with Crippen LogP contribution in [0.15, 0.2) is 0 Å². The summed E-state index contributed by atoms with van der Waals surface area (Å²) in [6, 6.07) is 0.912. The first kappa shape index (κ1) is 18.2. The molecule has 1 amide bonds. The summed E-state index contributed by atoms with van der Waals surface area (Å²) in [5, 5.41) is 6.43. The summed E-state index contributed by atoms with van der Waals surface area (Å²) in [4.78, 5) is 11.5. The zero-order valence-electron chi connectivity index (χ0n) is 14.2. The molecule has 1 aliphatic rings. The van der Waals surface area contributed by atoms with Crippen molar-refractivity contribution in [3.8, 4) is 0 Å². The molecule has 1 saturated carbocycles. The Kier molecular flexibility index (Phi) is 7.46. The number of ether oxygens (including phenoxy) is 2. The molecule has 0 aromatic heterocycles. The van der Waals surface area contributed by atoms with Crippen molar-refractivity contribution in [2.45, 2.75) is 71.1 Å². The third-order valence-electron chi connectivity index (χ3n) is 3.59. The van der Waals surface area contributed by atoms with Crippen LogP contribution in [0.25, 0.3) is 0 Å². The van der Waals surface area contributed by atoms with Gasteiger partial charge in [0.25, 0.3) is 0 Å². The summed E-state index contributed by atoms with van der Waals surface area (Å²) in [5.41, 5.74) is -0.441. The van der Waals surface area contributed by atoms with Crippen LogP contribution >= 0.6 is 0 Å². The number of hydrogen-bond donors (Lipinski definition) is 2. The molecule has 1 rings (SSSR count). The molecule has 0 aromatic rings. The van der Waals surface area contributed by atoms with Gasteiger partial charge < -0.3 is 20.1 Å². The quantitative estimate of drug-likeness (QED) is 0.643. The van der Waals surface area contributed by atoms with Crippen molar-refractivity contribution in [3.05, 3.63) is 0 Å². The lowest BCUT2D eigenvalue weighted by atomic mass is 10.1. The van der Waals surface area contributed by atoms with Gasteiger partial charge in [-0.3, -0.25) is 0 Å². The maximum absolute atomic E-state index is 11.5. The summed E-state index contributed by atoms with van der Waals surface area (Å²) in [7, 11) is 1.73. The van der Waals surface area contributed by atoms with Gasteiger partial charge in [0.15, 0.2) is 0 Å². The van der Waals surface area contributed by atoms with Gasteiger partial charge in [0.2, 0.25) is 0 Å². The Hall–Kier alpha value is -0.810. The lowest BCUT2D eigenvalue weighted by Gasteiger charge is -2.23. The van der Waals surface area contributed by atoms with Crippen LogP contribution in [0, 0.1) is 5.92 Å². The van der Waals surface area contributed by atoms with Gasteiger partial charge >= 0.3 is 6.09 Å². The molecule has 0 aliphatic heterocycles. The topological polar surface area (TPSA) is 59.6 Å². The molecule has 1 fully saturated rings. The fourth-order valence-electron chi connectivity index (χ4n) is 2.37. The maximum Gasteiger partial charge on any atom is 0.407 e. The first-order valence-corrected chi connectivity index (χ1v) is 8.03. The fraction of sp³-hybridized carbons (Fsp3) is 0.938. The highest BCUT2D eigenvalue weighted by Crippen LogP contribution is 2.32. The van der Waals surface area contributed by atoms with Gasteiger partial charge in [-0.1, -0.05) is 0 Å². The number of amides is 1. The van der Waals surface area contributed by atoms with E-state index in [0.29, 0.717) is 25.2 Å². The van der Waals surface area contributed by atoms with E-state index in [-0.39, 0.29) is 6.09 Å². The summed E-state index contributed by atoms with van der Waals surface area (Å²) >= 11 is 0. The lowest BCUT2D eigenvalue weighted by Crippen LogP contribution is -2.41. The Bertz CT molecular complexity index is 311. The highest BCUT2D eigenvalue weighted by atomic mass is 16.6. The average molecular weight is 300 g/mol. The number of rotatable bonds is 9. The minimum atomic E-state index is -0.441. The van der Waals surface area contributed by atoms with Crippen molar-refractivity contribution in [2.24, 2.45) is 5.92 Å². The molecule has 5 nitrogen and oxygen atoms in total. The minimum Gasteiger partial charge on any atom is -0.444 e. The Morgan fingerprint density at radius 2 is 2.00 bits per heavy atom. The van der Waals surface area contributed by atoms with Crippen molar-refractivity contribution in [1.29, 1.82) is 0 Å². The van der Waals surface area contributed by atoms with Crippen LogP contribution in [-0.4, -0.2) is 44.0 Å². The normalized spacial score (nSPS) is 18.1. The molecule has 2 unspecified atom stereocenters. The molecule has 0 heterocycles. The molecular weight excluding hydrogens is 268 g/mol. The zero-order valence-corrected chi connectivity index (χ0v) is 14.2. The van der Waals surface area contributed by atoms with E-state index in [0.717, 1.165) is 18.8 Å². The zero-order chi connectivity index (χ0) is 15.9. The van der Waals surface area contributed by atoms with Gasteiger partial charge in [0.05, 0.1) is 6.61 Å². The number of alkyl carbamates (subject to hydrolysis) is 1. The third kappa shape index (κ3) is 8.94. The molecule has 0 aromatic carbocycles. The van der Waals surface area contributed by atoms with E-state index in [1.54, 1.807) is 7.11 Å². The second kappa shape index (κ2) is 8.59. The first-order valence-electron chi connectivity index (χ1n) is 8.03. The first-order chi connectivity index (χ1) is 9.81. The van der Waals surface area contributed by atoms with Crippen LogP contribution in [0.1, 0.15) is 53.4 Å². The molecule has 0 radical (unpaired) electrons. The molecule has 2 atom stereocenters. The molecule has 2 N–H and O–H groups in total. The Morgan fingerprint density at radius 1 is 1.33 bits per heavy atom. The summed E-state index contributed by atoms with van der Waals surface area (Å²) in [6.45, 7) is 9.19. The fourth-order valence-corrected chi connectivity index (χ4v) is 2.37. The summed E-state index contributed by atoms with van der Waals surface area (Å²) in [5.74, 6) is 0.837. The van der Waals surface area contributed by atoms with Crippen LogP contribution in [0.2, 0.25) is 0 Å². The van der Waals surface area contributed by atoms with Crippen LogP contribution in [-0.2, 0) is 9.47 Å². The largest absolute Gasteiger partial charge is 0.444 e. The van der Waals surface area contributed by atoms with Crippen molar-refractivity contribution < 1.29 is 14.3 Å². The minimum absolute atomic E-state index is 0.343. The molecule has 21 heavy (non-hydrogen) atoms. The van der Waals surface area contributed by atoms with E-state index in [2.05, 4.69) is 17.6 Å². The predicted octanol–water partition coefficient (Wildman–Crippen LogP) is 2.69. The summed E-state index contributed by atoms with van der Waals surface area (Å²) < 4.78 is 10.5. The van der Waals surface area contributed by atoms with E-state index in [9.17, 15) is 4.79 Å². The number of nitrogens with one attached hydrogen (secondary N) is 2. The van der Waals surface area contributed by atoms with Gasteiger partial charge in [0.1, 0.15) is 5.60 Å². The molecule has 5 heteroatoms. The van der Waals surface area contributed by atoms with Crippen LogP contribution in [0.5, 0.6) is 0 Å². The van der Waals surface area contributed by atoms with E-state index in [4.69, 9.17) is 9.47 Å². The Morgan fingerprint density at radius 3 is 2.52 bits per heavy atom. The smallest absolute Gasteiger partial charge is 0.407 e. The van der Waals surface area contributed by atoms with Crippen LogP contribution in [0.4, 0.5) is 4.79 Å². The Labute approximate surface area is 129 Å². The number of methoxy groups -OCH3 is 1. The maximum atomic E-state index is 11.5. The molecule has 124 valence electrons. The third-order valence-corrected chi connectivity index (χ3v) is 3.59. The SMILES string of the molecule is COCC(CCCNC(=O)OC(C)(C)C)NC(C)C1CC1. The average Bonchev–Trinajstić information content (AvgIpc) is 3.16. The number of carbonyl (C=O) groups is 1. The predicted molar refractivity (Wildman–Crippen MR) is 84.5 cm³/mol. The second-order valence-corrected chi connectivity index (χ2v) is 7.02. The number of hydrogen-bond acceptors (Lipinski definition) is 4. The van der Waals surface area contributed by atoms with Gasteiger partial charge in [0, 0.05) is 25.7 Å². The van der Waals surface area contributed by atoms with Crippen molar-refractivity contribution in [2.75, 3.05) is 20.3 Å². The monoisotopic (exact) mass is 300 g/mol. The highest BCUT2D eigenvalue weighted by Gasteiger charge is 2.29. The van der Waals surface area contributed by atoms with E-state index >= 15 is 0 Å². The van der Waals surface area contributed by atoms with E-state index < -0.39 is 5.60 Å². The van der Waals surface area contributed by atoms with Crippen molar-refractivity contribution in [1.82, 2.24) is 10.6 Å². The molecule has 1 aliphatic carbocycles. The molecule has 0 bridgehead atoms. The van der Waals surface area contributed by atoms with E-state index in [1.165, 1.54) is 12.8 Å². The van der Waals surface area contributed by atoms with Gasteiger partial charge in [-0.15, -0.1) is 0 Å². The summed E-state index contributed by atoms with van der Waals surface area (Å²) in [6.07, 6.45) is 4.24. The molecular formula is C16H32N2O3.